The molecule has 3 nitrogen and oxygen atoms in total. The van der Waals surface area contributed by atoms with Crippen LogP contribution in [0.4, 0.5) is 11.4 Å². The van der Waals surface area contributed by atoms with E-state index < -0.39 is 0 Å². The van der Waals surface area contributed by atoms with Crippen molar-refractivity contribution in [2.75, 3.05) is 10.6 Å². The molecule has 4 heteroatoms. The third-order valence-corrected chi connectivity index (χ3v) is 3.89. The van der Waals surface area contributed by atoms with Crippen LogP contribution < -0.4 is 10.6 Å². The normalized spacial score (nSPS) is 14.2. The molecule has 3 aromatic rings. The zero-order chi connectivity index (χ0) is 11.9. The highest BCUT2D eigenvalue weighted by atomic mass is 32.1. The molecule has 1 radical (unpaired) electrons. The van der Waals surface area contributed by atoms with E-state index in [-0.39, 0.29) is 0 Å². The molecule has 18 heavy (non-hydrogen) atoms. The molecule has 0 bridgehead atoms. The van der Waals surface area contributed by atoms with Gasteiger partial charge in [-0.2, -0.15) is 4.37 Å². The van der Waals surface area contributed by atoms with Gasteiger partial charge in [0.2, 0.25) is 6.17 Å². The van der Waals surface area contributed by atoms with Gasteiger partial charge < -0.3 is 10.6 Å². The maximum Gasteiger partial charge on any atom is 0.202 e. The van der Waals surface area contributed by atoms with Gasteiger partial charge in [-0.05, 0) is 29.7 Å². The monoisotopic (exact) mass is 252 g/mol. The molecule has 87 valence electrons. The van der Waals surface area contributed by atoms with E-state index in [0.29, 0.717) is 0 Å². The summed E-state index contributed by atoms with van der Waals surface area (Å²) in [5, 5.41) is 7.94. The summed E-state index contributed by atoms with van der Waals surface area (Å²) in [6.45, 7) is 0. The molecular weight excluding hydrogens is 242 g/mol. The smallest absolute Gasteiger partial charge is 0.202 e. The molecule has 1 aliphatic heterocycles. The lowest BCUT2D eigenvalue weighted by Gasteiger charge is -2.07. The van der Waals surface area contributed by atoms with Crippen molar-refractivity contribution in [2.45, 2.75) is 0 Å². The van der Waals surface area contributed by atoms with Crippen molar-refractivity contribution in [2.24, 2.45) is 0 Å². The quantitative estimate of drug-likeness (QED) is 0.693. The highest BCUT2D eigenvalue weighted by Gasteiger charge is 2.25. The molecule has 0 spiro atoms. The number of aromatic nitrogens is 1. The van der Waals surface area contributed by atoms with Crippen molar-refractivity contribution in [1.29, 1.82) is 0 Å². The van der Waals surface area contributed by atoms with E-state index in [0.717, 1.165) is 23.2 Å². The Kier molecular flexibility index (Phi) is 2.04. The average Bonchev–Trinajstić information content (AvgIpc) is 3.02. The lowest BCUT2D eigenvalue weighted by atomic mass is 10.2. The summed E-state index contributed by atoms with van der Waals surface area (Å²) in [5.41, 5.74) is 3.20. The average molecular weight is 252 g/mol. The largest absolute Gasteiger partial charge is 0.352 e. The van der Waals surface area contributed by atoms with Crippen LogP contribution in [-0.2, 0) is 0 Å². The Bertz CT molecular complexity index is 695. The maximum atomic E-state index is 4.54. The van der Waals surface area contributed by atoms with Crippen molar-refractivity contribution in [3.05, 3.63) is 60.4 Å². The molecule has 0 saturated carbocycles. The third-order valence-electron chi connectivity index (χ3n) is 3.06. The summed E-state index contributed by atoms with van der Waals surface area (Å²) in [4.78, 5) is 0. The van der Waals surface area contributed by atoms with Crippen LogP contribution in [0.15, 0.2) is 48.5 Å². The molecule has 2 N–H and O–H groups in total. The fourth-order valence-electron chi connectivity index (χ4n) is 2.19. The molecule has 0 amide bonds. The molecule has 0 unspecified atom stereocenters. The Balaban J connectivity index is 1.78. The molecule has 2 aromatic carbocycles. The van der Waals surface area contributed by atoms with Crippen LogP contribution in [0.3, 0.4) is 0 Å². The minimum Gasteiger partial charge on any atom is -0.352 e. The van der Waals surface area contributed by atoms with Gasteiger partial charge >= 0.3 is 0 Å². The molecule has 1 aromatic heterocycles. The van der Waals surface area contributed by atoms with Gasteiger partial charge in [-0.15, -0.1) is 0 Å². The van der Waals surface area contributed by atoms with Gasteiger partial charge in [-0.1, -0.05) is 30.3 Å². The Morgan fingerprint density at radius 2 is 1.50 bits per heavy atom. The SMILES string of the molecule is c1ccc2c(c1)N[C](c1nsc3ccccc13)N2. The van der Waals surface area contributed by atoms with Crippen LogP contribution in [0, 0.1) is 6.17 Å². The highest BCUT2D eigenvalue weighted by Crippen LogP contribution is 2.36. The molecule has 1 aliphatic rings. The lowest BCUT2D eigenvalue weighted by molar-refractivity contribution is 1.18. The number of hydrogen-bond acceptors (Lipinski definition) is 4. The predicted molar refractivity (Wildman–Crippen MR) is 75.7 cm³/mol. The lowest BCUT2D eigenvalue weighted by Crippen LogP contribution is -2.13. The Labute approximate surface area is 109 Å². The topological polar surface area (TPSA) is 37.0 Å². The predicted octanol–water partition coefficient (Wildman–Crippen LogP) is 3.67. The zero-order valence-electron chi connectivity index (χ0n) is 9.47. The van der Waals surface area contributed by atoms with E-state index in [2.05, 4.69) is 39.3 Å². The van der Waals surface area contributed by atoms with Gasteiger partial charge in [-0.3, -0.25) is 0 Å². The highest BCUT2D eigenvalue weighted by molar-refractivity contribution is 7.13. The van der Waals surface area contributed by atoms with Crippen molar-refractivity contribution in [1.82, 2.24) is 4.37 Å². The van der Waals surface area contributed by atoms with Crippen LogP contribution in [0.1, 0.15) is 5.69 Å². The number of rotatable bonds is 1. The molecule has 0 fully saturated rings. The number of nitrogens with one attached hydrogen (secondary N) is 2. The van der Waals surface area contributed by atoms with E-state index in [1.54, 1.807) is 0 Å². The second-order valence-corrected chi connectivity index (χ2v) is 5.00. The Morgan fingerprint density at radius 3 is 2.28 bits per heavy atom. The first-order valence-corrected chi connectivity index (χ1v) is 6.54. The Hall–Kier alpha value is -2.07. The summed E-state index contributed by atoms with van der Waals surface area (Å²) in [7, 11) is 0. The van der Waals surface area contributed by atoms with Crippen LogP contribution >= 0.6 is 11.5 Å². The number of para-hydroxylation sites is 2. The first-order valence-electron chi connectivity index (χ1n) is 5.77. The van der Waals surface area contributed by atoms with Crippen LogP contribution in [0.5, 0.6) is 0 Å². The minimum absolute atomic E-state index is 0.966. The van der Waals surface area contributed by atoms with Crippen LogP contribution in [-0.4, -0.2) is 4.37 Å². The summed E-state index contributed by atoms with van der Waals surface area (Å²) in [6.07, 6.45) is 0.966. The standard InChI is InChI=1S/C14H10N3S/c1-4-8-12-9(5-1)13(17-18-12)14-15-10-6-2-3-7-11(10)16-14/h1-8,15-16H. The van der Waals surface area contributed by atoms with E-state index in [9.17, 15) is 0 Å². The van der Waals surface area contributed by atoms with E-state index in [4.69, 9.17) is 0 Å². The van der Waals surface area contributed by atoms with Gasteiger partial charge in [0.25, 0.3) is 0 Å². The van der Waals surface area contributed by atoms with Crippen molar-refractivity contribution in [3.8, 4) is 0 Å². The molecule has 0 saturated heterocycles. The first kappa shape index (κ1) is 9.91. The fraction of sp³-hybridized carbons (Fsp3) is 0. The number of anilines is 2. The van der Waals surface area contributed by atoms with E-state index in [1.165, 1.54) is 21.6 Å². The second-order valence-electron chi connectivity index (χ2n) is 4.20. The fourth-order valence-corrected chi connectivity index (χ4v) is 2.97. The molecule has 0 atom stereocenters. The number of benzene rings is 2. The van der Waals surface area contributed by atoms with Gasteiger partial charge in [0.15, 0.2) is 0 Å². The van der Waals surface area contributed by atoms with Crippen LogP contribution in [0.2, 0.25) is 0 Å². The summed E-state index contributed by atoms with van der Waals surface area (Å²) < 4.78 is 5.75. The van der Waals surface area contributed by atoms with Gasteiger partial charge in [0.1, 0.15) is 5.69 Å². The molecule has 2 heterocycles. The van der Waals surface area contributed by atoms with Crippen molar-refractivity contribution < 1.29 is 0 Å². The molecular formula is C14H10N3S. The first-order chi connectivity index (χ1) is 8.92. The second kappa shape index (κ2) is 3.71. The van der Waals surface area contributed by atoms with E-state index >= 15 is 0 Å². The summed E-state index contributed by atoms with van der Waals surface area (Å²) in [6, 6.07) is 16.5. The zero-order valence-corrected chi connectivity index (χ0v) is 10.3. The van der Waals surface area contributed by atoms with Crippen LogP contribution in [0.25, 0.3) is 10.1 Å². The van der Waals surface area contributed by atoms with Gasteiger partial charge in [-0.25, -0.2) is 0 Å². The van der Waals surface area contributed by atoms with Crippen molar-refractivity contribution >= 4 is 33.0 Å². The molecule has 0 aliphatic carbocycles. The number of hydrogen-bond donors (Lipinski definition) is 2. The van der Waals surface area contributed by atoms with Crippen molar-refractivity contribution in [3.63, 3.8) is 0 Å². The summed E-state index contributed by atoms with van der Waals surface area (Å²) >= 11 is 1.53. The Morgan fingerprint density at radius 1 is 0.833 bits per heavy atom. The van der Waals surface area contributed by atoms with E-state index in [1.807, 2.05) is 24.3 Å². The van der Waals surface area contributed by atoms with Gasteiger partial charge in [0, 0.05) is 5.39 Å². The maximum absolute atomic E-state index is 4.54. The number of nitrogens with zero attached hydrogens (tertiary/aromatic N) is 1. The molecule has 4 rings (SSSR count). The summed E-state index contributed by atoms with van der Waals surface area (Å²) in [5.74, 6) is 0. The third kappa shape index (κ3) is 1.39. The van der Waals surface area contributed by atoms with Gasteiger partial charge in [0.05, 0.1) is 16.1 Å². The minimum atomic E-state index is 0.966. The number of fused-ring (bicyclic) bond motifs is 2.